The first-order valence-electron chi connectivity index (χ1n) is 13.2. The molecule has 13 heteroatoms. The van der Waals surface area contributed by atoms with Crippen molar-refractivity contribution in [2.45, 2.75) is 6.61 Å². The van der Waals surface area contributed by atoms with Crippen LogP contribution in [0.15, 0.2) is 48.9 Å². The van der Waals surface area contributed by atoms with Gasteiger partial charge in [0.15, 0.2) is 0 Å². The maximum absolute atomic E-state index is 14.0. The molecule has 0 bridgehead atoms. The van der Waals surface area contributed by atoms with Crippen LogP contribution in [0.2, 0.25) is 10.0 Å². The maximum atomic E-state index is 14.0. The van der Waals surface area contributed by atoms with Gasteiger partial charge in [-0.25, -0.2) is 20.0 Å². The van der Waals surface area contributed by atoms with Gasteiger partial charge in [0.05, 0.1) is 34.6 Å². The lowest BCUT2D eigenvalue weighted by molar-refractivity contribution is -0.132. The number of aliphatic hydroxyl groups is 1. The van der Waals surface area contributed by atoms with Crippen LogP contribution in [0, 0.1) is 0 Å². The van der Waals surface area contributed by atoms with Gasteiger partial charge in [0.1, 0.15) is 30.1 Å². The number of halogens is 2. The molecule has 2 aliphatic rings. The van der Waals surface area contributed by atoms with Crippen LogP contribution in [0.25, 0.3) is 0 Å². The zero-order valence-corrected chi connectivity index (χ0v) is 24.7. The Bertz CT molecular complexity index is 1430. The van der Waals surface area contributed by atoms with E-state index >= 15 is 0 Å². The lowest BCUT2D eigenvalue weighted by atomic mass is 10.1. The van der Waals surface area contributed by atoms with E-state index in [1.165, 1.54) is 12.5 Å². The Balaban J connectivity index is 1.61. The van der Waals surface area contributed by atoms with Gasteiger partial charge in [0, 0.05) is 45.0 Å². The van der Waals surface area contributed by atoms with Crippen LogP contribution >= 0.6 is 23.2 Å². The number of rotatable bonds is 7. The number of benzene rings is 2. The topological polar surface area (TPSA) is 99.6 Å². The van der Waals surface area contributed by atoms with Crippen LogP contribution < -0.4 is 14.8 Å². The zero-order valence-electron chi connectivity index (χ0n) is 23.2. The van der Waals surface area contributed by atoms with E-state index in [-0.39, 0.29) is 25.1 Å². The van der Waals surface area contributed by atoms with E-state index in [4.69, 9.17) is 23.2 Å². The van der Waals surface area contributed by atoms with Crippen LogP contribution in [-0.2, 0) is 11.4 Å². The summed E-state index contributed by atoms with van der Waals surface area (Å²) in [4.78, 5) is 42.8. The predicted molar refractivity (Wildman–Crippen MR) is 160 cm³/mol. The Kier molecular flexibility index (Phi) is 8.50. The number of hydrogen-bond acceptors (Lipinski definition) is 9. The smallest absolute Gasteiger partial charge is 0.279 e. The van der Waals surface area contributed by atoms with Crippen LogP contribution in [0.5, 0.6) is 0 Å². The lowest BCUT2D eigenvalue weighted by Crippen LogP contribution is -2.54. The third kappa shape index (κ3) is 5.62. The standard InChI is InChI=1S/C28H32Cl2N8O3/c1-33(2)15-24(40)35-10-12-36(13-11-35)25-19(16-39)6-4-9-23(25)38(26-21(29)7-5-8-22(26)30)37-18-34(3)27-20(28(37)41)14-31-17-32-27/h4-9,14,17,39H,10-13,15-16,18H2,1-3H3. The van der Waals surface area contributed by atoms with Crippen molar-refractivity contribution >= 4 is 57.9 Å². The van der Waals surface area contributed by atoms with Crippen molar-refractivity contribution in [3.63, 3.8) is 0 Å². The molecule has 0 aliphatic carbocycles. The molecular weight excluding hydrogens is 567 g/mol. The van der Waals surface area contributed by atoms with E-state index in [1.54, 1.807) is 28.2 Å². The fourth-order valence-electron chi connectivity index (χ4n) is 5.26. The van der Waals surface area contributed by atoms with Gasteiger partial charge in [0.25, 0.3) is 5.91 Å². The summed E-state index contributed by atoms with van der Waals surface area (Å²) in [5, 5.41) is 14.4. The number of amides is 2. The number of para-hydroxylation sites is 2. The van der Waals surface area contributed by atoms with Crippen LogP contribution in [0.4, 0.5) is 22.9 Å². The fourth-order valence-corrected chi connectivity index (χ4v) is 5.81. The highest BCUT2D eigenvalue weighted by Crippen LogP contribution is 2.45. The molecule has 216 valence electrons. The Morgan fingerprint density at radius 1 is 1.05 bits per heavy atom. The second-order valence-corrected chi connectivity index (χ2v) is 11.0. The number of carbonyl (C=O) groups excluding carboxylic acids is 2. The number of anilines is 4. The number of fused-ring (bicyclic) bond motifs is 1. The molecule has 11 nitrogen and oxygen atoms in total. The molecule has 2 aromatic carbocycles. The van der Waals surface area contributed by atoms with E-state index < -0.39 is 0 Å². The first kappa shape index (κ1) is 28.9. The largest absolute Gasteiger partial charge is 0.392 e. The van der Waals surface area contributed by atoms with Gasteiger partial charge in [-0.1, -0.05) is 41.4 Å². The van der Waals surface area contributed by atoms with Crippen molar-refractivity contribution in [2.75, 3.05) is 75.3 Å². The number of hydrogen-bond donors (Lipinski definition) is 1. The number of aliphatic hydroxyl groups excluding tert-OH is 1. The van der Waals surface area contributed by atoms with Gasteiger partial charge >= 0.3 is 0 Å². The summed E-state index contributed by atoms with van der Waals surface area (Å²) >= 11 is 13.5. The number of carbonyl (C=O) groups is 2. The molecule has 5 rings (SSSR count). The molecule has 1 N–H and O–H groups in total. The van der Waals surface area contributed by atoms with Crippen molar-refractivity contribution in [2.24, 2.45) is 0 Å². The quantitative estimate of drug-likeness (QED) is 0.440. The molecule has 2 amide bonds. The van der Waals surface area contributed by atoms with Crippen molar-refractivity contribution in [1.82, 2.24) is 24.8 Å². The summed E-state index contributed by atoms with van der Waals surface area (Å²) in [6.45, 7) is 2.39. The summed E-state index contributed by atoms with van der Waals surface area (Å²) in [6, 6.07) is 10.7. The number of likely N-dealkylation sites (N-methyl/N-ethyl adjacent to an activating group) is 1. The number of hydrazine groups is 1. The van der Waals surface area contributed by atoms with E-state index in [0.717, 1.165) is 5.69 Å². The highest BCUT2D eigenvalue weighted by molar-refractivity contribution is 6.39. The molecule has 1 fully saturated rings. The van der Waals surface area contributed by atoms with Gasteiger partial charge in [-0.3, -0.25) is 9.59 Å². The number of aromatic nitrogens is 2. The molecule has 0 unspecified atom stereocenters. The molecule has 41 heavy (non-hydrogen) atoms. The molecule has 1 saturated heterocycles. The minimum atomic E-state index is -0.325. The second kappa shape index (κ2) is 12.1. The summed E-state index contributed by atoms with van der Waals surface area (Å²) < 4.78 is 0. The van der Waals surface area contributed by atoms with E-state index in [0.29, 0.717) is 71.1 Å². The van der Waals surface area contributed by atoms with Crippen molar-refractivity contribution in [3.8, 4) is 0 Å². The van der Waals surface area contributed by atoms with E-state index in [1.807, 2.05) is 54.0 Å². The molecule has 2 aliphatic heterocycles. The molecule has 0 radical (unpaired) electrons. The Morgan fingerprint density at radius 3 is 2.39 bits per heavy atom. The van der Waals surface area contributed by atoms with E-state index in [9.17, 15) is 14.7 Å². The first-order chi connectivity index (χ1) is 19.7. The Hall–Kier alpha value is -3.64. The van der Waals surface area contributed by atoms with Gasteiger partial charge in [-0.2, -0.15) is 0 Å². The molecule has 0 saturated carbocycles. The Labute approximate surface area is 249 Å². The van der Waals surface area contributed by atoms with Crippen molar-refractivity contribution in [1.29, 1.82) is 0 Å². The minimum Gasteiger partial charge on any atom is -0.392 e. The van der Waals surface area contributed by atoms with Gasteiger partial charge in [-0.05, 0) is 32.3 Å². The van der Waals surface area contributed by atoms with Crippen molar-refractivity contribution in [3.05, 3.63) is 70.1 Å². The fraction of sp³-hybridized carbons (Fsp3) is 0.357. The van der Waals surface area contributed by atoms with Crippen LogP contribution in [-0.4, -0.2) is 102 Å². The average Bonchev–Trinajstić information content (AvgIpc) is 2.96. The minimum absolute atomic E-state index is 0.0672. The second-order valence-electron chi connectivity index (χ2n) is 10.2. The van der Waals surface area contributed by atoms with Gasteiger partial charge in [0.2, 0.25) is 5.91 Å². The first-order valence-corrected chi connectivity index (χ1v) is 13.9. The van der Waals surface area contributed by atoms with Crippen LogP contribution in [0.3, 0.4) is 0 Å². The summed E-state index contributed by atoms with van der Waals surface area (Å²) in [7, 11) is 5.58. The zero-order chi connectivity index (χ0) is 29.3. The van der Waals surface area contributed by atoms with E-state index in [2.05, 4.69) is 14.9 Å². The maximum Gasteiger partial charge on any atom is 0.279 e. The summed E-state index contributed by atoms with van der Waals surface area (Å²) in [5.41, 5.74) is 2.78. The summed E-state index contributed by atoms with van der Waals surface area (Å²) in [5.74, 6) is 0.265. The highest BCUT2D eigenvalue weighted by atomic mass is 35.5. The van der Waals surface area contributed by atoms with Gasteiger partial charge in [-0.15, -0.1) is 0 Å². The van der Waals surface area contributed by atoms with Crippen molar-refractivity contribution < 1.29 is 14.7 Å². The normalized spacial score (nSPS) is 15.4. The summed E-state index contributed by atoms with van der Waals surface area (Å²) in [6.07, 6.45) is 2.90. The average molecular weight is 600 g/mol. The lowest BCUT2D eigenvalue weighted by Gasteiger charge is -2.45. The molecule has 0 spiro atoms. The molecule has 3 heterocycles. The highest BCUT2D eigenvalue weighted by Gasteiger charge is 2.37. The molecule has 3 aromatic rings. The SMILES string of the molecule is CN(C)CC(=O)N1CCN(c2c(CO)cccc2N(c2c(Cl)cccc2Cl)N2CN(C)c3ncncc3C2=O)CC1. The van der Waals surface area contributed by atoms with Crippen LogP contribution in [0.1, 0.15) is 15.9 Å². The predicted octanol–water partition coefficient (Wildman–Crippen LogP) is 3.09. The monoisotopic (exact) mass is 598 g/mol. The molecule has 0 atom stereocenters. The Morgan fingerprint density at radius 2 is 1.73 bits per heavy atom. The third-order valence-corrected chi connectivity index (χ3v) is 7.76. The number of nitrogens with zero attached hydrogens (tertiary/aromatic N) is 8. The number of piperazine rings is 1. The molecule has 1 aromatic heterocycles. The molecular formula is C28H32Cl2N8O3. The van der Waals surface area contributed by atoms with Gasteiger partial charge < -0.3 is 24.7 Å². The third-order valence-electron chi connectivity index (χ3n) is 7.15.